The number of thioether (sulfide) groups is 1. The van der Waals surface area contributed by atoms with Crippen LogP contribution in [-0.2, 0) is 32.2 Å². The maximum absolute atomic E-state index is 11.6. The summed E-state index contributed by atoms with van der Waals surface area (Å²) >= 11 is 1.22. The molecule has 0 radical (unpaired) electrons. The van der Waals surface area contributed by atoms with E-state index in [4.69, 9.17) is 23.7 Å². The Morgan fingerprint density at radius 1 is 1.00 bits per heavy atom. The van der Waals surface area contributed by atoms with E-state index in [1.165, 1.54) is 18.1 Å². The molecule has 12 heteroatoms. The number of benzene rings is 2. The van der Waals surface area contributed by atoms with E-state index in [0.29, 0.717) is 35.9 Å². The molecule has 0 spiro atoms. The second-order valence-corrected chi connectivity index (χ2v) is 11.8. The number of anilines is 1. The van der Waals surface area contributed by atoms with Crippen LogP contribution in [0.1, 0.15) is 38.1 Å². The number of carbonyl (C=O) groups excluding carboxylic acids is 1. The van der Waals surface area contributed by atoms with Crippen molar-refractivity contribution in [1.29, 1.82) is 0 Å². The first-order valence-corrected chi connectivity index (χ1v) is 14.7. The van der Waals surface area contributed by atoms with Crippen molar-refractivity contribution in [2.45, 2.75) is 64.2 Å². The van der Waals surface area contributed by atoms with Gasteiger partial charge in [-0.3, -0.25) is 9.36 Å². The van der Waals surface area contributed by atoms with Crippen LogP contribution in [-0.4, -0.2) is 61.6 Å². The lowest BCUT2D eigenvalue weighted by Gasteiger charge is -2.24. The molecule has 2 aromatic heterocycles. The molecule has 1 unspecified atom stereocenters. The Kier molecular flexibility index (Phi) is 8.04. The summed E-state index contributed by atoms with van der Waals surface area (Å²) in [4.78, 5) is 25.2. The molecule has 4 aromatic rings. The summed E-state index contributed by atoms with van der Waals surface area (Å²) in [6.07, 6.45) is 1.70. The van der Waals surface area contributed by atoms with Gasteiger partial charge >= 0.3 is 0 Å². The van der Waals surface area contributed by atoms with Crippen LogP contribution in [0.4, 0.5) is 5.82 Å². The van der Waals surface area contributed by atoms with Crippen molar-refractivity contribution in [1.82, 2.24) is 19.5 Å². The number of hydrogen-bond acceptors (Lipinski definition) is 11. The smallest absolute Gasteiger partial charge is 0.185 e. The van der Waals surface area contributed by atoms with Crippen LogP contribution >= 0.6 is 11.8 Å². The first kappa shape index (κ1) is 28.4. The van der Waals surface area contributed by atoms with E-state index in [1.807, 2.05) is 66.9 Å². The zero-order valence-corrected chi connectivity index (χ0v) is 24.7. The summed E-state index contributed by atoms with van der Waals surface area (Å²) in [5.74, 6) is 1.94. The molecular weight excluding hydrogens is 558 g/mol. The second-order valence-electron chi connectivity index (χ2n) is 10.6. The molecule has 4 heterocycles. The number of nitrogens with zero attached hydrogens (tertiary/aromatic N) is 4. The van der Waals surface area contributed by atoms with Gasteiger partial charge in [0, 0.05) is 19.2 Å². The van der Waals surface area contributed by atoms with Crippen molar-refractivity contribution in [2.24, 2.45) is 0 Å². The molecule has 2 aliphatic rings. The third-order valence-electron chi connectivity index (χ3n) is 7.16. The number of hydrogen-bond donors (Lipinski definition) is 1. The predicted molar refractivity (Wildman–Crippen MR) is 157 cm³/mol. The average molecular weight is 592 g/mol. The number of ether oxygens (including phenoxy) is 5. The number of aromatic nitrogens is 4. The van der Waals surface area contributed by atoms with Gasteiger partial charge in [0.25, 0.3) is 0 Å². The lowest BCUT2D eigenvalue weighted by Crippen LogP contribution is -2.31. The fourth-order valence-corrected chi connectivity index (χ4v) is 5.83. The lowest BCUT2D eigenvalue weighted by molar-refractivity contribution is -0.193. The van der Waals surface area contributed by atoms with Gasteiger partial charge in [-0.25, -0.2) is 15.0 Å². The highest BCUT2D eigenvalue weighted by molar-refractivity contribution is 8.13. The number of fused-ring (bicyclic) bond motifs is 2. The number of methoxy groups -OCH3 is 1. The Hall–Kier alpha value is -3.71. The number of nitrogens with one attached hydrogen (secondary N) is 1. The molecule has 2 fully saturated rings. The van der Waals surface area contributed by atoms with Crippen molar-refractivity contribution >= 4 is 33.9 Å². The number of carbonyl (C=O) groups is 1. The molecule has 11 nitrogen and oxygen atoms in total. The second kappa shape index (κ2) is 11.9. The van der Waals surface area contributed by atoms with E-state index in [9.17, 15) is 4.79 Å². The van der Waals surface area contributed by atoms with Gasteiger partial charge in [0.2, 0.25) is 0 Å². The Bertz CT molecular complexity index is 1540. The van der Waals surface area contributed by atoms with Gasteiger partial charge in [-0.1, -0.05) is 36.0 Å². The Morgan fingerprint density at radius 3 is 2.45 bits per heavy atom. The highest BCUT2D eigenvalue weighted by Crippen LogP contribution is 2.44. The molecule has 42 heavy (non-hydrogen) atoms. The fourth-order valence-electron chi connectivity index (χ4n) is 5.16. The molecule has 0 bridgehead atoms. The highest BCUT2D eigenvalue weighted by atomic mass is 32.2. The molecule has 0 saturated carbocycles. The SMILES string of the molecule is COc1ccc(COc2ccc(CNc3ncnc4c3ncn4[C@@H]3O[C@H](CSC(C)=O)C4OC(C)(C)O[C@@H]43)cc2)cc1. The minimum atomic E-state index is -0.759. The summed E-state index contributed by atoms with van der Waals surface area (Å²) < 4.78 is 31.7. The summed E-state index contributed by atoms with van der Waals surface area (Å²) in [5.41, 5.74) is 3.36. The minimum absolute atomic E-state index is 0.0315. The van der Waals surface area contributed by atoms with Crippen LogP contribution < -0.4 is 14.8 Å². The van der Waals surface area contributed by atoms with Crippen LogP contribution in [0.3, 0.4) is 0 Å². The van der Waals surface area contributed by atoms with Gasteiger partial charge in [-0.05, 0) is 49.2 Å². The third-order valence-corrected chi connectivity index (χ3v) is 8.06. The van der Waals surface area contributed by atoms with E-state index < -0.39 is 12.0 Å². The Balaban J connectivity index is 1.12. The monoisotopic (exact) mass is 591 g/mol. The van der Waals surface area contributed by atoms with E-state index in [-0.39, 0.29) is 23.4 Å². The quantitative estimate of drug-likeness (QED) is 0.276. The van der Waals surface area contributed by atoms with Gasteiger partial charge in [-0.15, -0.1) is 0 Å². The molecule has 2 saturated heterocycles. The molecule has 6 rings (SSSR count). The summed E-state index contributed by atoms with van der Waals surface area (Å²) in [5, 5.41) is 3.41. The van der Waals surface area contributed by atoms with Crippen LogP contribution in [0, 0.1) is 0 Å². The largest absolute Gasteiger partial charge is 0.497 e. The van der Waals surface area contributed by atoms with Crippen molar-refractivity contribution in [3.05, 3.63) is 72.3 Å². The van der Waals surface area contributed by atoms with Crippen LogP contribution in [0.2, 0.25) is 0 Å². The Labute approximate surface area is 247 Å². The number of imidazole rings is 1. The summed E-state index contributed by atoms with van der Waals surface area (Å²) in [6.45, 7) is 6.32. The fraction of sp³-hybridized carbons (Fsp3) is 0.400. The molecule has 2 aliphatic heterocycles. The Morgan fingerprint density at radius 2 is 1.71 bits per heavy atom. The van der Waals surface area contributed by atoms with Gasteiger partial charge < -0.3 is 29.0 Å². The van der Waals surface area contributed by atoms with Crippen LogP contribution in [0.25, 0.3) is 11.2 Å². The van der Waals surface area contributed by atoms with E-state index in [1.54, 1.807) is 20.4 Å². The average Bonchev–Trinajstić information content (AvgIpc) is 3.65. The van der Waals surface area contributed by atoms with Crippen molar-refractivity contribution in [3.63, 3.8) is 0 Å². The van der Waals surface area contributed by atoms with Crippen molar-refractivity contribution in [3.8, 4) is 11.5 Å². The highest BCUT2D eigenvalue weighted by Gasteiger charge is 2.56. The maximum Gasteiger partial charge on any atom is 0.185 e. The standard InChI is InChI=1S/C30H33N5O6S/c1-18(36)42-15-23-25-26(41-30(2,3)40-25)29(39-23)35-17-34-24-27(32-16-33-28(24)35)31-13-19-5-11-22(12-6-19)38-14-20-7-9-21(37-4)10-8-20/h5-12,16-17,23,25-26,29H,13-15H2,1-4H3,(H,31,32,33)/t23-,25?,26+,29-/m1/s1. The molecule has 1 N–H and O–H groups in total. The third kappa shape index (κ3) is 6.07. The van der Waals surface area contributed by atoms with Gasteiger partial charge in [0.1, 0.15) is 36.6 Å². The van der Waals surface area contributed by atoms with Gasteiger partial charge in [0.15, 0.2) is 34.1 Å². The zero-order valence-electron chi connectivity index (χ0n) is 23.9. The first-order valence-electron chi connectivity index (χ1n) is 13.7. The van der Waals surface area contributed by atoms with Gasteiger partial charge in [-0.2, -0.15) is 0 Å². The topological polar surface area (TPSA) is 119 Å². The molecule has 220 valence electrons. The molecule has 4 atom stereocenters. The van der Waals surface area contributed by atoms with Gasteiger partial charge in [0.05, 0.1) is 19.5 Å². The van der Waals surface area contributed by atoms with Crippen molar-refractivity contribution in [2.75, 3.05) is 18.2 Å². The predicted octanol–water partition coefficient (Wildman–Crippen LogP) is 4.72. The molecule has 2 aromatic carbocycles. The van der Waals surface area contributed by atoms with E-state index >= 15 is 0 Å². The lowest BCUT2D eigenvalue weighted by atomic mass is 10.1. The van der Waals surface area contributed by atoms with Crippen LogP contribution in [0.5, 0.6) is 11.5 Å². The van der Waals surface area contributed by atoms with Crippen molar-refractivity contribution < 1.29 is 28.5 Å². The summed E-state index contributed by atoms with van der Waals surface area (Å²) in [7, 11) is 1.65. The maximum atomic E-state index is 11.6. The molecule has 0 amide bonds. The van der Waals surface area contributed by atoms with Crippen LogP contribution in [0.15, 0.2) is 61.2 Å². The van der Waals surface area contributed by atoms with E-state index in [2.05, 4.69) is 20.3 Å². The summed E-state index contributed by atoms with van der Waals surface area (Å²) in [6, 6.07) is 15.7. The molecule has 0 aliphatic carbocycles. The van der Waals surface area contributed by atoms with E-state index in [0.717, 1.165) is 22.6 Å². The normalized spacial score (nSPS) is 22.7. The zero-order chi connectivity index (χ0) is 29.3. The number of rotatable bonds is 10. The first-order chi connectivity index (χ1) is 20.3. The molecular formula is C30H33N5O6S. The minimum Gasteiger partial charge on any atom is -0.497 e.